The summed E-state index contributed by atoms with van der Waals surface area (Å²) in [4.78, 5) is 25.2. The number of nitrogens with one attached hydrogen (secondary N) is 2. The quantitative estimate of drug-likeness (QED) is 0.405. The van der Waals surface area contributed by atoms with E-state index >= 15 is 0 Å². The van der Waals surface area contributed by atoms with Gasteiger partial charge in [-0.1, -0.05) is 30.0 Å². The van der Waals surface area contributed by atoms with Gasteiger partial charge >= 0.3 is 0 Å². The van der Waals surface area contributed by atoms with Crippen molar-refractivity contribution in [3.8, 4) is 16.5 Å². The molecule has 0 aliphatic carbocycles. The standard InChI is InChI=1S/C19H20FN5O3S2/c1-3-25-17(15-9-6-10-29-15)22-24-19(25)30-11-16(26)21-23-18(27)12(2)28-14-8-5-4-7-13(14)20/h4-10,12H,3,11H2,1-2H3,(H,21,26)(H,23,27). The van der Waals surface area contributed by atoms with E-state index in [1.807, 2.05) is 29.0 Å². The van der Waals surface area contributed by atoms with Crippen molar-refractivity contribution in [1.82, 2.24) is 25.6 Å². The lowest BCUT2D eigenvalue weighted by molar-refractivity contribution is -0.132. The van der Waals surface area contributed by atoms with Gasteiger partial charge in [-0.15, -0.1) is 21.5 Å². The van der Waals surface area contributed by atoms with Gasteiger partial charge in [-0.3, -0.25) is 20.4 Å². The molecule has 0 saturated heterocycles. The maximum absolute atomic E-state index is 13.6. The Bertz CT molecular complexity index is 1010. The van der Waals surface area contributed by atoms with Gasteiger partial charge in [0, 0.05) is 6.54 Å². The first-order valence-corrected chi connectivity index (χ1v) is 11.0. The molecule has 1 atom stereocenters. The molecule has 158 valence electrons. The highest BCUT2D eigenvalue weighted by atomic mass is 32.2. The number of carbonyl (C=O) groups excluding carboxylic acids is 2. The number of ether oxygens (including phenoxy) is 1. The molecule has 3 aromatic rings. The Kier molecular flexibility index (Phi) is 7.41. The van der Waals surface area contributed by atoms with Gasteiger partial charge in [-0.05, 0) is 37.4 Å². The van der Waals surface area contributed by atoms with E-state index in [0.717, 1.165) is 10.7 Å². The van der Waals surface area contributed by atoms with Crippen molar-refractivity contribution in [2.75, 3.05) is 5.75 Å². The number of thioether (sulfide) groups is 1. The third-order valence-corrected chi connectivity index (χ3v) is 5.77. The maximum Gasteiger partial charge on any atom is 0.279 e. The van der Waals surface area contributed by atoms with E-state index in [-0.39, 0.29) is 11.5 Å². The first-order valence-electron chi connectivity index (χ1n) is 9.09. The number of hydrazine groups is 1. The molecule has 2 N–H and O–H groups in total. The van der Waals surface area contributed by atoms with Gasteiger partial charge in [0.1, 0.15) is 0 Å². The molecule has 0 bridgehead atoms. The highest BCUT2D eigenvalue weighted by molar-refractivity contribution is 7.99. The Morgan fingerprint density at radius 1 is 1.23 bits per heavy atom. The zero-order valence-electron chi connectivity index (χ0n) is 16.3. The SMILES string of the molecule is CCn1c(SCC(=O)NNC(=O)C(C)Oc2ccccc2F)nnc1-c1cccs1. The van der Waals surface area contributed by atoms with E-state index in [4.69, 9.17) is 4.74 Å². The third-order valence-electron chi connectivity index (χ3n) is 3.94. The summed E-state index contributed by atoms with van der Waals surface area (Å²) in [5.41, 5.74) is 4.59. The summed E-state index contributed by atoms with van der Waals surface area (Å²) < 4.78 is 20.8. The van der Waals surface area contributed by atoms with Crippen molar-refractivity contribution in [3.63, 3.8) is 0 Å². The van der Waals surface area contributed by atoms with Crippen molar-refractivity contribution in [1.29, 1.82) is 0 Å². The molecule has 8 nitrogen and oxygen atoms in total. The predicted molar refractivity (Wildman–Crippen MR) is 113 cm³/mol. The summed E-state index contributed by atoms with van der Waals surface area (Å²) in [6.07, 6.45) is -0.994. The van der Waals surface area contributed by atoms with Gasteiger partial charge in [-0.25, -0.2) is 4.39 Å². The van der Waals surface area contributed by atoms with Gasteiger partial charge in [0.25, 0.3) is 5.91 Å². The fourth-order valence-electron chi connectivity index (χ4n) is 2.45. The number of hydrogen-bond donors (Lipinski definition) is 2. The third kappa shape index (κ3) is 5.36. The molecule has 30 heavy (non-hydrogen) atoms. The van der Waals surface area contributed by atoms with E-state index in [0.29, 0.717) is 11.7 Å². The van der Waals surface area contributed by atoms with Crippen LogP contribution in [0.25, 0.3) is 10.7 Å². The van der Waals surface area contributed by atoms with Crippen LogP contribution in [0.3, 0.4) is 0 Å². The van der Waals surface area contributed by atoms with Crippen LogP contribution in [-0.2, 0) is 16.1 Å². The number of hydrogen-bond acceptors (Lipinski definition) is 7. The van der Waals surface area contributed by atoms with Crippen molar-refractivity contribution < 1.29 is 18.7 Å². The zero-order chi connectivity index (χ0) is 21.5. The number of para-hydroxylation sites is 1. The minimum Gasteiger partial charge on any atom is -0.478 e. The van der Waals surface area contributed by atoms with Crippen LogP contribution in [0, 0.1) is 5.82 Å². The van der Waals surface area contributed by atoms with E-state index in [2.05, 4.69) is 21.0 Å². The number of halogens is 1. The first-order chi connectivity index (χ1) is 14.5. The highest BCUT2D eigenvalue weighted by Crippen LogP contribution is 2.27. The molecule has 0 fully saturated rings. The van der Waals surface area contributed by atoms with E-state index < -0.39 is 23.7 Å². The number of nitrogens with zero attached hydrogens (tertiary/aromatic N) is 3. The average Bonchev–Trinajstić information content (AvgIpc) is 3.41. The van der Waals surface area contributed by atoms with Crippen LogP contribution < -0.4 is 15.6 Å². The second kappa shape index (κ2) is 10.2. The van der Waals surface area contributed by atoms with Crippen LogP contribution in [0.5, 0.6) is 5.75 Å². The molecule has 1 unspecified atom stereocenters. The minimum atomic E-state index is -0.994. The van der Waals surface area contributed by atoms with Gasteiger partial charge in [0.05, 0.1) is 10.6 Å². The lowest BCUT2D eigenvalue weighted by atomic mass is 10.3. The van der Waals surface area contributed by atoms with Crippen molar-refractivity contribution in [3.05, 3.63) is 47.6 Å². The lowest BCUT2D eigenvalue weighted by Gasteiger charge is -2.15. The molecular weight excluding hydrogens is 429 g/mol. The monoisotopic (exact) mass is 449 g/mol. The van der Waals surface area contributed by atoms with Gasteiger partial charge < -0.3 is 9.30 Å². The molecule has 3 rings (SSSR count). The van der Waals surface area contributed by atoms with Gasteiger partial charge in [0.2, 0.25) is 5.91 Å². The second-order valence-electron chi connectivity index (χ2n) is 6.04. The van der Waals surface area contributed by atoms with Crippen LogP contribution >= 0.6 is 23.1 Å². The molecule has 2 amide bonds. The van der Waals surface area contributed by atoms with Crippen molar-refractivity contribution in [2.24, 2.45) is 0 Å². The smallest absolute Gasteiger partial charge is 0.279 e. The van der Waals surface area contributed by atoms with Crippen LogP contribution in [0.1, 0.15) is 13.8 Å². The molecule has 0 spiro atoms. The van der Waals surface area contributed by atoms with Crippen molar-refractivity contribution >= 4 is 34.9 Å². The molecular formula is C19H20FN5O3S2. The Hall–Kier alpha value is -2.92. The highest BCUT2D eigenvalue weighted by Gasteiger charge is 2.18. The molecule has 0 radical (unpaired) electrons. The van der Waals surface area contributed by atoms with Crippen LogP contribution in [0.2, 0.25) is 0 Å². The average molecular weight is 450 g/mol. The zero-order valence-corrected chi connectivity index (χ0v) is 17.9. The van der Waals surface area contributed by atoms with Gasteiger partial charge in [-0.2, -0.15) is 0 Å². The van der Waals surface area contributed by atoms with Crippen LogP contribution in [0.15, 0.2) is 46.9 Å². The fourth-order valence-corrected chi connectivity index (χ4v) is 3.97. The second-order valence-corrected chi connectivity index (χ2v) is 7.93. The summed E-state index contributed by atoms with van der Waals surface area (Å²) in [5, 5.41) is 10.9. The number of amides is 2. The maximum atomic E-state index is 13.6. The molecule has 0 saturated carbocycles. The van der Waals surface area contributed by atoms with E-state index in [1.54, 1.807) is 17.4 Å². The van der Waals surface area contributed by atoms with Crippen LogP contribution in [-0.4, -0.2) is 38.4 Å². The Morgan fingerprint density at radius 3 is 2.73 bits per heavy atom. The Morgan fingerprint density at radius 2 is 2.03 bits per heavy atom. The summed E-state index contributed by atoms with van der Waals surface area (Å²) in [5.74, 6) is -0.848. The van der Waals surface area contributed by atoms with Crippen LogP contribution in [0.4, 0.5) is 4.39 Å². The minimum absolute atomic E-state index is 0.0331. The summed E-state index contributed by atoms with van der Waals surface area (Å²) in [7, 11) is 0. The topological polar surface area (TPSA) is 98.1 Å². The number of rotatable bonds is 8. The normalized spacial score (nSPS) is 11.7. The Balaban J connectivity index is 1.48. The largest absolute Gasteiger partial charge is 0.478 e. The summed E-state index contributed by atoms with van der Waals surface area (Å²) in [6, 6.07) is 9.67. The lowest BCUT2D eigenvalue weighted by Crippen LogP contribution is -2.47. The molecule has 2 aromatic heterocycles. The first kappa shape index (κ1) is 21.8. The molecule has 11 heteroatoms. The predicted octanol–water partition coefficient (Wildman–Crippen LogP) is 2.87. The van der Waals surface area contributed by atoms with Crippen molar-refractivity contribution in [2.45, 2.75) is 31.7 Å². The number of thiophene rings is 1. The summed E-state index contributed by atoms with van der Waals surface area (Å²) >= 11 is 2.78. The number of aromatic nitrogens is 3. The molecule has 0 aliphatic heterocycles. The molecule has 1 aromatic carbocycles. The number of benzene rings is 1. The van der Waals surface area contributed by atoms with E-state index in [1.165, 1.54) is 36.9 Å². The number of carbonyl (C=O) groups is 2. The van der Waals surface area contributed by atoms with E-state index in [9.17, 15) is 14.0 Å². The molecule has 2 heterocycles. The fraction of sp³-hybridized carbons (Fsp3) is 0.263. The Labute approximate surface area is 180 Å². The van der Waals surface area contributed by atoms with Gasteiger partial charge in [0.15, 0.2) is 28.7 Å². The molecule has 0 aliphatic rings. The summed E-state index contributed by atoms with van der Waals surface area (Å²) in [6.45, 7) is 4.09.